The Balaban J connectivity index is 2.37. The van der Waals surface area contributed by atoms with E-state index in [0.717, 1.165) is 5.56 Å². The van der Waals surface area contributed by atoms with Crippen LogP contribution in [-0.4, -0.2) is 56.0 Å². The first-order chi connectivity index (χ1) is 10.0. The van der Waals surface area contributed by atoms with E-state index in [4.69, 9.17) is 9.84 Å². The van der Waals surface area contributed by atoms with Crippen molar-refractivity contribution >= 4 is 5.97 Å². The fraction of sp³-hybridized carbons (Fsp3) is 0.385. The maximum atomic E-state index is 11.7. The number of aryl methyl sites for hydroxylation is 1. The molecule has 0 spiro atoms. The van der Waals surface area contributed by atoms with Crippen LogP contribution < -0.4 is 0 Å². The van der Waals surface area contributed by atoms with Gasteiger partial charge in [0.1, 0.15) is 5.69 Å². The highest BCUT2D eigenvalue weighted by Gasteiger charge is 2.18. The maximum absolute atomic E-state index is 11.7. The molecular weight excluding hydrogens is 276 g/mol. The quantitative estimate of drug-likeness (QED) is 0.733. The molecule has 112 valence electrons. The number of hydrogen-bond acceptors (Lipinski definition) is 7. The molecule has 8 heteroatoms. The summed E-state index contributed by atoms with van der Waals surface area (Å²) < 4.78 is 6.09. The predicted molar refractivity (Wildman–Crippen MR) is 72.4 cm³/mol. The Morgan fingerprint density at radius 3 is 2.95 bits per heavy atom. The molecule has 2 rings (SSSR count). The summed E-state index contributed by atoms with van der Waals surface area (Å²) in [5.41, 5.74) is 1.96. The van der Waals surface area contributed by atoms with Gasteiger partial charge in [-0.25, -0.2) is 14.5 Å². The van der Waals surface area contributed by atoms with E-state index in [1.54, 1.807) is 18.5 Å². The Morgan fingerprint density at radius 1 is 1.52 bits per heavy atom. The van der Waals surface area contributed by atoms with Crippen LogP contribution in [0, 0.1) is 6.92 Å². The molecule has 0 fully saturated rings. The van der Waals surface area contributed by atoms with Crippen LogP contribution in [0.5, 0.6) is 0 Å². The first-order valence-electron chi connectivity index (χ1n) is 6.29. The molecule has 0 saturated carbocycles. The molecule has 8 nitrogen and oxygen atoms in total. The minimum absolute atomic E-state index is 0.107. The van der Waals surface area contributed by atoms with E-state index < -0.39 is 12.1 Å². The highest BCUT2D eigenvalue weighted by molar-refractivity contribution is 5.94. The van der Waals surface area contributed by atoms with Crippen LogP contribution in [0.4, 0.5) is 0 Å². The second-order valence-electron chi connectivity index (χ2n) is 4.56. The zero-order chi connectivity index (χ0) is 15.4. The molecule has 21 heavy (non-hydrogen) atoms. The van der Waals surface area contributed by atoms with Gasteiger partial charge in [-0.05, 0) is 18.6 Å². The van der Waals surface area contributed by atoms with Gasteiger partial charge in [-0.15, -0.1) is 5.10 Å². The first-order valence-corrected chi connectivity index (χ1v) is 6.29. The molecule has 0 aliphatic carbocycles. The fourth-order valence-corrected chi connectivity index (χ4v) is 1.81. The average Bonchev–Trinajstić information content (AvgIpc) is 2.94. The molecule has 2 N–H and O–H groups in total. The molecule has 1 atom stereocenters. The van der Waals surface area contributed by atoms with Gasteiger partial charge < -0.3 is 14.9 Å². The highest BCUT2D eigenvalue weighted by Crippen LogP contribution is 2.21. The number of aromatic nitrogens is 4. The van der Waals surface area contributed by atoms with Crippen molar-refractivity contribution in [3.05, 3.63) is 29.7 Å². The number of aliphatic hydroxyl groups excluding tert-OH is 2. The number of rotatable bonds is 5. The van der Waals surface area contributed by atoms with E-state index in [-0.39, 0.29) is 18.8 Å². The summed E-state index contributed by atoms with van der Waals surface area (Å²) in [7, 11) is 1.28. The zero-order valence-electron chi connectivity index (χ0n) is 11.7. The second kappa shape index (κ2) is 6.42. The summed E-state index contributed by atoms with van der Waals surface area (Å²) >= 11 is 0. The van der Waals surface area contributed by atoms with Crippen molar-refractivity contribution in [2.24, 2.45) is 0 Å². The van der Waals surface area contributed by atoms with E-state index in [0.29, 0.717) is 11.3 Å². The molecule has 0 aliphatic rings. The smallest absolute Gasteiger partial charge is 0.357 e. The van der Waals surface area contributed by atoms with Crippen molar-refractivity contribution in [2.75, 3.05) is 13.7 Å². The van der Waals surface area contributed by atoms with Crippen molar-refractivity contribution in [3.8, 4) is 11.3 Å². The average molecular weight is 292 g/mol. The van der Waals surface area contributed by atoms with Crippen molar-refractivity contribution in [3.63, 3.8) is 0 Å². The van der Waals surface area contributed by atoms with Gasteiger partial charge in [0.25, 0.3) is 0 Å². The largest absolute Gasteiger partial charge is 0.464 e. The minimum Gasteiger partial charge on any atom is -0.464 e. The summed E-state index contributed by atoms with van der Waals surface area (Å²) in [5, 5.41) is 26.0. The summed E-state index contributed by atoms with van der Waals surface area (Å²) in [6.07, 6.45) is 2.22. The van der Waals surface area contributed by atoms with Gasteiger partial charge in [0.2, 0.25) is 0 Å². The number of carbonyl (C=O) groups is 1. The van der Waals surface area contributed by atoms with E-state index in [1.807, 2.05) is 6.92 Å². The molecule has 0 aliphatic heterocycles. The number of hydrogen-bond donors (Lipinski definition) is 2. The van der Waals surface area contributed by atoms with E-state index in [1.165, 1.54) is 11.8 Å². The molecule has 0 bridgehead atoms. The van der Waals surface area contributed by atoms with Crippen LogP contribution in [0.15, 0.2) is 18.5 Å². The van der Waals surface area contributed by atoms with Crippen LogP contribution in [0.2, 0.25) is 0 Å². The maximum Gasteiger partial charge on any atom is 0.357 e. The van der Waals surface area contributed by atoms with Gasteiger partial charge in [-0.2, -0.15) is 0 Å². The normalized spacial score (nSPS) is 12.2. The van der Waals surface area contributed by atoms with Gasteiger partial charge in [-0.3, -0.25) is 0 Å². The monoisotopic (exact) mass is 292 g/mol. The lowest BCUT2D eigenvalue weighted by atomic mass is 10.1. The second-order valence-corrected chi connectivity index (χ2v) is 4.56. The molecule has 0 aromatic carbocycles. The molecule has 0 radical (unpaired) electrons. The van der Waals surface area contributed by atoms with Crippen molar-refractivity contribution in [1.29, 1.82) is 0 Å². The number of nitrogens with zero attached hydrogens (tertiary/aromatic N) is 4. The van der Waals surface area contributed by atoms with Gasteiger partial charge in [0, 0.05) is 11.8 Å². The van der Waals surface area contributed by atoms with Gasteiger partial charge in [0.05, 0.1) is 32.6 Å². The Hall–Kier alpha value is -2.32. The molecular formula is C13H16N4O4. The van der Waals surface area contributed by atoms with E-state index in [2.05, 4.69) is 15.3 Å². The molecule has 0 unspecified atom stereocenters. The number of esters is 1. The van der Waals surface area contributed by atoms with Crippen molar-refractivity contribution in [2.45, 2.75) is 19.6 Å². The topological polar surface area (TPSA) is 110 Å². The summed E-state index contributed by atoms with van der Waals surface area (Å²) in [4.78, 5) is 15.8. The highest BCUT2D eigenvalue weighted by atomic mass is 16.5. The first kappa shape index (κ1) is 15.1. The Labute approximate surface area is 121 Å². The standard InChI is InChI=1S/C13H16N4O4/c1-8-3-10(12(14-4-8)13(20)21-2)11-6-17(16-15-11)5-9(19)7-18/h3-4,6,9,18-19H,5,7H2,1-2H3/t9-/m1/s1. The molecule has 2 aromatic heterocycles. The summed E-state index contributed by atoms with van der Waals surface area (Å²) in [5.74, 6) is -0.560. The number of methoxy groups -OCH3 is 1. The lowest BCUT2D eigenvalue weighted by molar-refractivity contribution is 0.0595. The van der Waals surface area contributed by atoms with Crippen molar-refractivity contribution in [1.82, 2.24) is 20.0 Å². The number of pyridine rings is 1. The summed E-state index contributed by atoms with van der Waals surface area (Å²) in [6.45, 7) is 1.59. The van der Waals surface area contributed by atoms with Gasteiger partial charge in [0.15, 0.2) is 5.69 Å². The minimum atomic E-state index is -0.921. The van der Waals surface area contributed by atoms with Crippen LogP contribution in [0.3, 0.4) is 0 Å². The number of ether oxygens (including phenoxy) is 1. The lowest BCUT2D eigenvalue weighted by Crippen LogP contribution is -2.20. The molecule has 0 saturated heterocycles. The number of carbonyl (C=O) groups excluding carboxylic acids is 1. The Bertz CT molecular complexity index is 641. The Morgan fingerprint density at radius 2 is 2.29 bits per heavy atom. The van der Waals surface area contributed by atoms with Crippen molar-refractivity contribution < 1.29 is 19.7 Å². The van der Waals surface area contributed by atoms with E-state index >= 15 is 0 Å². The van der Waals surface area contributed by atoms with Crippen LogP contribution in [-0.2, 0) is 11.3 Å². The third-order valence-corrected chi connectivity index (χ3v) is 2.83. The molecule has 0 amide bonds. The SMILES string of the molecule is COC(=O)c1ncc(C)cc1-c1cn(C[C@@H](O)CO)nn1. The third-order valence-electron chi connectivity index (χ3n) is 2.83. The Kier molecular flexibility index (Phi) is 4.61. The third kappa shape index (κ3) is 3.41. The fourth-order valence-electron chi connectivity index (χ4n) is 1.81. The van der Waals surface area contributed by atoms with Gasteiger partial charge in [-0.1, -0.05) is 5.21 Å². The van der Waals surface area contributed by atoms with E-state index in [9.17, 15) is 9.90 Å². The van der Waals surface area contributed by atoms with Crippen LogP contribution >= 0.6 is 0 Å². The lowest BCUT2D eigenvalue weighted by Gasteiger charge is -2.06. The molecule has 2 heterocycles. The molecule has 2 aromatic rings. The van der Waals surface area contributed by atoms with Gasteiger partial charge >= 0.3 is 5.97 Å². The van der Waals surface area contributed by atoms with Crippen LogP contribution in [0.1, 0.15) is 16.1 Å². The van der Waals surface area contributed by atoms with Crippen LogP contribution in [0.25, 0.3) is 11.3 Å². The zero-order valence-corrected chi connectivity index (χ0v) is 11.7. The predicted octanol–water partition coefficient (Wildman–Crippen LogP) is -0.212. The number of aliphatic hydroxyl groups is 2. The summed E-state index contributed by atoms with van der Waals surface area (Å²) in [6, 6.07) is 1.76.